The molecule has 0 aliphatic heterocycles. The molecule has 0 aromatic rings. The lowest BCUT2D eigenvalue weighted by molar-refractivity contribution is 0.244. The predicted molar refractivity (Wildman–Crippen MR) is 73.7 cm³/mol. The standard InChI is InChI=1S/2C8H16/c1-8(2)6-4-3-5-7-8;1-7(2)8-5-3-4-6-8/h3-7H2,1-2H3;7-8H,3-6H2,1-2H3. The second-order valence-electron chi connectivity index (χ2n) is 7.01. The summed E-state index contributed by atoms with van der Waals surface area (Å²) in [5.41, 5.74) is 0.679. The van der Waals surface area contributed by atoms with Gasteiger partial charge in [0, 0.05) is 0 Å². The van der Waals surface area contributed by atoms with Gasteiger partial charge in [0.2, 0.25) is 0 Å². The van der Waals surface area contributed by atoms with Crippen LogP contribution in [-0.4, -0.2) is 0 Å². The topological polar surface area (TPSA) is 0 Å². The van der Waals surface area contributed by atoms with Crippen LogP contribution in [0.1, 0.15) is 85.5 Å². The third-order valence-electron chi connectivity index (χ3n) is 4.55. The summed E-state index contributed by atoms with van der Waals surface area (Å²) < 4.78 is 0. The summed E-state index contributed by atoms with van der Waals surface area (Å²) in [5, 5.41) is 0. The Labute approximate surface area is 103 Å². The van der Waals surface area contributed by atoms with Gasteiger partial charge in [-0.3, -0.25) is 0 Å². The van der Waals surface area contributed by atoms with E-state index in [1.807, 2.05) is 0 Å². The zero-order valence-corrected chi connectivity index (χ0v) is 12.0. The van der Waals surface area contributed by atoms with Crippen LogP contribution in [-0.2, 0) is 0 Å². The fraction of sp³-hybridized carbons (Fsp3) is 1.00. The van der Waals surface area contributed by atoms with E-state index in [9.17, 15) is 0 Å². The van der Waals surface area contributed by atoms with Crippen molar-refractivity contribution in [1.82, 2.24) is 0 Å². The molecule has 96 valence electrons. The van der Waals surface area contributed by atoms with Crippen LogP contribution >= 0.6 is 0 Å². The van der Waals surface area contributed by atoms with Crippen LogP contribution < -0.4 is 0 Å². The van der Waals surface area contributed by atoms with E-state index >= 15 is 0 Å². The van der Waals surface area contributed by atoms with Crippen LogP contribution in [0, 0.1) is 17.3 Å². The quantitative estimate of drug-likeness (QED) is 0.527. The SMILES string of the molecule is CC(C)C1CCCC1.CC1(C)CCCCC1. The number of hydrogen-bond acceptors (Lipinski definition) is 0. The molecule has 0 spiro atoms. The molecule has 2 fully saturated rings. The fourth-order valence-corrected chi connectivity index (χ4v) is 3.13. The summed E-state index contributed by atoms with van der Waals surface area (Å²) in [6.07, 6.45) is 13.3. The summed E-state index contributed by atoms with van der Waals surface area (Å²) in [6.45, 7) is 9.45. The summed E-state index contributed by atoms with van der Waals surface area (Å²) in [6, 6.07) is 0. The zero-order valence-electron chi connectivity index (χ0n) is 12.0. The Morgan fingerprint density at radius 2 is 1.31 bits per heavy atom. The van der Waals surface area contributed by atoms with Gasteiger partial charge >= 0.3 is 0 Å². The molecule has 0 N–H and O–H groups in total. The van der Waals surface area contributed by atoms with Crippen molar-refractivity contribution in [2.24, 2.45) is 17.3 Å². The normalized spacial score (nSPS) is 25.3. The van der Waals surface area contributed by atoms with Crippen LogP contribution in [0.4, 0.5) is 0 Å². The van der Waals surface area contributed by atoms with E-state index in [1.165, 1.54) is 57.8 Å². The van der Waals surface area contributed by atoms with Crippen molar-refractivity contribution in [1.29, 1.82) is 0 Å². The van der Waals surface area contributed by atoms with Gasteiger partial charge in [0.25, 0.3) is 0 Å². The van der Waals surface area contributed by atoms with Gasteiger partial charge in [0.05, 0.1) is 0 Å². The Kier molecular flexibility index (Phi) is 5.86. The Balaban J connectivity index is 0.000000160. The molecule has 16 heavy (non-hydrogen) atoms. The summed E-state index contributed by atoms with van der Waals surface area (Å²) in [5.74, 6) is 2.01. The minimum absolute atomic E-state index is 0.679. The highest BCUT2D eigenvalue weighted by Crippen LogP contribution is 2.34. The van der Waals surface area contributed by atoms with Gasteiger partial charge < -0.3 is 0 Å². The minimum atomic E-state index is 0.679. The first-order valence-electron chi connectivity index (χ1n) is 7.51. The monoisotopic (exact) mass is 224 g/mol. The van der Waals surface area contributed by atoms with Gasteiger partial charge in [0.15, 0.2) is 0 Å². The molecule has 0 aromatic carbocycles. The van der Waals surface area contributed by atoms with Crippen molar-refractivity contribution in [2.75, 3.05) is 0 Å². The first kappa shape index (κ1) is 14.1. The lowest BCUT2D eigenvalue weighted by atomic mass is 9.78. The van der Waals surface area contributed by atoms with E-state index in [0.717, 1.165) is 11.8 Å². The fourth-order valence-electron chi connectivity index (χ4n) is 3.13. The lowest BCUT2D eigenvalue weighted by Crippen LogP contribution is -2.14. The Morgan fingerprint density at radius 1 is 0.812 bits per heavy atom. The summed E-state index contributed by atoms with van der Waals surface area (Å²) in [4.78, 5) is 0. The molecule has 2 aliphatic carbocycles. The Morgan fingerprint density at radius 3 is 1.56 bits per heavy atom. The highest BCUT2D eigenvalue weighted by atomic mass is 14.3. The molecule has 0 amide bonds. The van der Waals surface area contributed by atoms with Gasteiger partial charge in [-0.05, 0) is 30.1 Å². The molecule has 0 heterocycles. The van der Waals surface area contributed by atoms with Crippen LogP contribution in [0.2, 0.25) is 0 Å². The minimum Gasteiger partial charge on any atom is -0.0625 e. The van der Waals surface area contributed by atoms with E-state index in [2.05, 4.69) is 27.7 Å². The molecule has 0 bridgehead atoms. The molecule has 0 nitrogen and oxygen atoms in total. The highest BCUT2D eigenvalue weighted by Gasteiger charge is 2.20. The molecule has 2 rings (SSSR count). The molecule has 0 radical (unpaired) electrons. The average Bonchev–Trinajstić information content (AvgIpc) is 2.70. The maximum absolute atomic E-state index is 2.38. The van der Waals surface area contributed by atoms with Crippen LogP contribution in [0.3, 0.4) is 0 Å². The largest absolute Gasteiger partial charge is 0.0625 e. The second-order valence-corrected chi connectivity index (χ2v) is 7.01. The van der Waals surface area contributed by atoms with Crippen LogP contribution in [0.5, 0.6) is 0 Å². The molecule has 0 unspecified atom stereocenters. The third kappa shape index (κ3) is 5.37. The first-order valence-corrected chi connectivity index (χ1v) is 7.51. The van der Waals surface area contributed by atoms with Crippen molar-refractivity contribution in [3.05, 3.63) is 0 Å². The smallest absolute Gasteiger partial charge is 0.0354 e. The van der Waals surface area contributed by atoms with E-state index in [0.29, 0.717) is 5.41 Å². The van der Waals surface area contributed by atoms with E-state index < -0.39 is 0 Å². The van der Waals surface area contributed by atoms with E-state index in [4.69, 9.17) is 0 Å². The number of hydrogen-bond donors (Lipinski definition) is 0. The Bertz CT molecular complexity index is 164. The van der Waals surface area contributed by atoms with Gasteiger partial charge in [0.1, 0.15) is 0 Å². The molecule has 0 aromatic heterocycles. The zero-order chi connectivity index (χ0) is 12.0. The van der Waals surface area contributed by atoms with Crippen molar-refractivity contribution in [3.8, 4) is 0 Å². The molecular weight excluding hydrogens is 192 g/mol. The van der Waals surface area contributed by atoms with Crippen molar-refractivity contribution in [3.63, 3.8) is 0 Å². The Hall–Kier alpha value is 0. The van der Waals surface area contributed by atoms with E-state index in [-0.39, 0.29) is 0 Å². The van der Waals surface area contributed by atoms with Crippen molar-refractivity contribution >= 4 is 0 Å². The van der Waals surface area contributed by atoms with Crippen LogP contribution in [0.25, 0.3) is 0 Å². The number of rotatable bonds is 1. The molecule has 0 atom stereocenters. The van der Waals surface area contributed by atoms with E-state index in [1.54, 1.807) is 0 Å². The first-order chi connectivity index (χ1) is 7.51. The van der Waals surface area contributed by atoms with Crippen molar-refractivity contribution in [2.45, 2.75) is 85.5 Å². The maximum atomic E-state index is 2.38. The third-order valence-corrected chi connectivity index (χ3v) is 4.55. The predicted octanol–water partition coefficient (Wildman–Crippen LogP) is 5.81. The maximum Gasteiger partial charge on any atom is -0.0354 e. The lowest BCUT2D eigenvalue weighted by Gasteiger charge is -2.28. The van der Waals surface area contributed by atoms with Crippen LogP contribution in [0.15, 0.2) is 0 Å². The summed E-state index contributed by atoms with van der Waals surface area (Å²) in [7, 11) is 0. The van der Waals surface area contributed by atoms with Gasteiger partial charge in [-0.2, -0.15) is 0 Å². The molecular formula is C16H32. The summed E-state index contributed by atoms with van der Waals surface area (Å²) >= 11 is 0. The van der Waals surface area contributed by atoms with Gasteiger partial charge in [-0.15, -0.1) is 0 Å². The highest BCUT2D eigenvalue weighted by molar-refractivity contribution is 4.72. The molecule has 0 heteroatoms. The molecule has 2 saturated carbocycles. The van der Waals surface area contributed by atoms with Gasteiger partial charge in [-0.1, -0.05) is 72.6 Å². The second kappa shape index (κ2) is 6.67. The van der Waals surface area contributed by atoms with Gasteiger partial charge in [-0.25, -0.2) is 0 Å². The average molecular weight is 224 g/mol. The van der Waals surface area contributed by atoms with Crippen molar-refractivity contribution < 1.29 is 0 Å². The molecule has 0 saturated heterocycles. The molecule has 2 aliphatic rings.